The number of H-pyrrole nitrogens is 2. The van der Waals surface area contributed by atoms with Crippen molar-refractivity contribution in [2.75, 3.05) is 20.8 Å². The van der Waals surface area contributed by atoms with Gasteiger partial charge in [0.25, 0.3) is 5.56 Å². The van der Waals surface area contributed by atoms with Crippen molar-refractivity contribution in [2.45, 2.75) is 12.5 Å². The van der Waals surface area contributed by atoms with Gasteiger partial charge in [-0.15, -0.1) is 0 Å². The lowest BCUT2D eigenvalue weighted by atomic mass is 9.95. The average molecular weight is 434 g/mol. The Labute approximate surface area is 182 Å². The van der Waals surface area contributed by atoms with E-state index in [0.717, 1.165) is 38.9 Å². The van der Waals surface area contributed by atoms with Gasteiger partial charge >= 0.3 is 5.69 Å². The normalized spacial score (nSPS) is 15.5. The fourth-order valence-corrected chi connectivity index (χ4v) is 4.42. The summed E-state index contributed by atoms with van der Waals surface area (Å²) in [6, 6.07) is 11.9. The molecule has 4 aromatic rings. The third-order valence-corrected chi connectivity index (χ3v) is 5.89. The topological polar surface area (TPSA) is 121 Å². The molecule has 0 aliphatic carbocycles. The largest absolute Gasteiger partial charge is 0.497 e. The number of nitrogens with zero attached hydrogens (tertiary/aromatic N) is 1. The van der Waals surface area contributed by atoms with Gasteiger partial charge in [-0.2, -0.15) is 0 Å². The van der Waals surface area contributed by atoms with E-state index in [2.05, 4.69) is 15.3 Å². The van der Waals surface area contributed by atoms with Gasteiger partial charge in [-0.3, -0.25) is 9.78 Å². The van der Waals surface area contributed by atoms with E-state index in [0.29, 0.717) is 18.0 Å². The van der Waals surface area contributed by atoms with Gasteiger partial charge in [-0.25, -0.2) is 9.36 Å². The average Bonchev–Trinajstić information content (AvgIpc) is 3.17. The van der Waals surface area contributed by atoms with Crippen LogP contribution in [0.25, 0.3) is 16.6 Å². The van der Waals surface area contributed by atoms with Crippen LogP contribution in [-0.4, -0.2) is 40.4 Å². The van der Waals surface area contributed by atoms with Crippen LogP contribution in [0.15, 0.2) is 52.1 Å². The first-order chi connectivity index (χ1) is 15.5. The van der Waals surface area contributed by atoms with Gasteiger partial charge < -0.3 is 24.9 Å². The van der Waals surface area contributed by atoms with Crippen molar-refractivity contribution in [1.29, 1.82) is 0 Å². The standard InChI is InChI=1S/C23H22N4O5/c1-31-12-7-8-15-14(11-12)13-9-10-24-20(19(13)25-15)18-21(28)26-23(30)27(22(18)29)16-5-3-4-6-17(16)32-2/h3-8,11,20,24-25,29H,9-10H2,1-2H3,(H,26,28,30). The van der Waals surface area contributed by atoms with Crippen molar-refractivity contribution < 1.29 is 14.6 Å². The zero-order chi connectivity index (χ0) is 22.4. The van der Waals surface area contributed by atoms with Crippen LogP contribution in [0.2, 0.25) is 0 Å². The third-order valence-electron chi connectivity index (χ3n) is 5.89. The number of hydrogen-bond acceptors (Lipinski definition) is 6. The molecule has 0 amide bonds. The molecule has 0 saturated heterocycles. The molecule has 3 heterocycles. The second kappa shape index (κ2) is 7.61. The highest BCUT2D eigenvalue weighted by atomic mass is 16.5. The van der Waals surface area contributed by atoms with Crippen LogP contribution >= 0.6 is 0 Å². The molecule has 0 radical (unpaired) electrons. The van der Waals surface area contributed by atoms with E-state index in [-0.39, 0.29) is 5.56 Å². The van der Waals surface area contributed by atoms with Gasteiger partial charge in [0.2, 0.25) is 5.88 Å². The molecule has 9 heteroatoms. The van der Waals surface area contributed by atoms with E-state index in [1.165, 1.54) is 7.11 Å². The first-order valence-corrected chi connectivity index (χ1v) is 10.2. The summed E-state index contributed by atoms with van der Waals surface area (Å²) in [6.07, 6.45) is 0.740. The van der Waals surface area contributed by atoms with Crippen LogP contribution in [0.3, 0.4) is 0 Å². The molecule has 2 aromatic heterocycles. The van der Waals surface area contributed by atoms with Crippen LogP contribution in [0.5, 0.6) is 17.4 Å². The summed E-state index contributed by atoms with van der Waals surface area (Å²) in [5, 5.41) is 15.5. The highest BCUT2D eigenvalue weighted by molar-refractivity contribution is 5.86. The zero-order valence-electron chi connectivity index (χ0n) is 17.6. The molecule has 0 saturated carbocycles. The number of aromatic nitrogens is 3. The predicted octanol–water partition coefficient (Wildman–Crippen LogP) is 1.96. The minimum absolute atomic E-state index is 0.0509. The summed E-state index contributed by atoms with van der Waals surface area (Å²) in [7, 11) is 3.09. The summed E-state index contributed by atoms with van der Waals surface area (Å²) in [4.78, 5) is 31.3. The lowest BCUT2D eigenvalue weighted by Gasteiger charge is -2.25. The minimum atomic E-state index is -0.752. The maximum absolute atomic E-state index is 12.9. The van der Waals surface area contributed by atoms with Crippen LogP contribution in [0.4, 0.5) is 0 Å². The highest BCUT2D eigenvalue weighted by Crippen LogP contribution is 2.37. The maximum atomic E-state index is 12.9. The summed E-state index contributed by atoms with van der Waals surface area (Å²) in [6.45, 7) is 0.592. The molecule has 0 spiro atoms. The third kappa shape index (κ3) is 2.97. The molecule has 9 nitrogen and oxygen atoms in total. The van der Waals surface area contributed by atoms with Crippen molar-refractivity contribution in [1.82, 2.24) is 19.9 Å². The first-order valence-electron chi connectivity index (χ1n) is 10.2. The molecule has 0 bridgehead atoms. The number of aromatic amines is 2. The molecule has 1 aliphatic heterocycles. The van der Waals surface area contributed by atoms with Gasteiger partial charge in [-0.1, -0.05) is 12.1 Å². The summed E-state index contributed by atoms with van der Waals surface area (Å²) in [5.41, 5.74) is 1.68. The van der Waals surface area contributed by atoms with Crippen LogP contribution in [-0.2, 0) is 6.42 Å². The Morgan fingerprint density at radius 1 is 1.06 bits per heavy atom. The molecule has 5 rings (SSSR count). The van der Waals surface area contributed by atoms with Crippen molar-refractivity contribution in [3.63, 3.8) is 0 Å². The maximum Gasteiger partial charge on any atom is 0.335 e. The van der Waals surface area contributed by atoms with Crippen molar-refractivity contribution in [3.05, 3.63) is 80.1 Å². The van der Waals surface area contributed by atoms with E-state index < -0.39 is 23.2 Å². The second-order valence-electron chi connectivity index (χ2n) is 7.57. The zero-order valence-corrected chi connectivity index (χ0v) is 17.6. The van der Waals surface area contributed by atoms with E-state index >= 15 is 0 Å². The van der Waals surface area contributed by atoms with Crippen molar-refractivity contribution in [3.8, 4) is 23.1 Å². The Hall–Kier alpha value is -3.98. The van der Waals surface area contributed by atoms with Gasteiger partial charge in [0.05, 0.1) is 25.9 Å². The number of nitrogens with one attached hydrogen (secondary N) is 3. The molecule has 1 atom stereocenters. The molecule has 1 aliphatic rings. The van der Waals surface area contributed by atoms with E-state index in [1.807, 2.05) is 18.2 Å². The lowest BCUT2D eigenvalue weighted by molar-refractivity contribution is 0.393. The fourth-order valence-electron chi connectivity index (χ4n) is 4.42. The Kier molecular flexibility index (Phi) is 4.75. The fraction of sp³-hybridized carbons (Fsp3) is 0.217. The van der Waals surface area contributed by atoms with Gasteiger partial charge in [-0.05, 0) is 42.3 Å². The quantitative estimate of drug-likeness (QED) is 0.390. The Morgan fingerprint density at radius 2 is 1.88 bits per heavy atom. The SMILES string of the molecule is COc1ccc2[nH]c3c(c2c1)CCNC3c1c(O)n(-c2ccccc2OC)c(=O)[nH]c1=O. The van der Waals surface area contributed by atoms with E-state index in [1.54, 1.807) is 31.4 Å². The smallest absolute Gasteiger partial charge is 0.335 e. The van der Waals surface area contributed by atoms with Crippen LogP contribution in [0, 0.1) is 0 Å². The molecule has 4 N–H and O–H groups in total. The van der Waals surface area contributed by atoms with Crippen molar-refractivity contribution in [2.24, 2.45) is 0 Å². The molecule has 32 heavy (non-hydrogen) atoms. The highest BCUT2D eigenvalue weighted by Gasteiger charge is 2.31. The molecule has 164 valence electrons. The number of aromatic hydroxyl groups is 1. The molecular weight excluding hydrogens is 412 g/mol. The predicted molar refractivity (Wildman–Crippen MR) is 119 cm³/mol. The first kappa shape index (κ1) is 20.0. The Morgan fingerprint density at radius 3 is 2.66 bits per heavy atom. The number of para-hydroxylation sites is 2. The van der Waals surface area contributed by atoms with E-state index in [9.17, 15) is 14.7 Å². The number of ether oxygens (including phenoxy) is 2. The molecule has 2 aromatic carbocycles. The van der Waals surface area contributed by atoms with E-state index in [4.69, 9.17) is 9.47 Å². The molecular formula is C23H22N4O5. The summed E-state index contributed by atoms with van der Waals surface area (Å²) >= 11 is 0. The Balaban J connectivity index is 1.74. The minimum Gasteiger partial charge on any atom is -0.497 e. The van der Waals surface area contributed by atoms with Gasteiger partial charge in [0.15, 0.2) is 0 Å². The van der Waals surface area contributed by atoms with Gasteiger partial charge in [0, 0.05) is 23.1 Å². The van der Waals surface area contributed by atoms with Crippen LogP contribution in [0.1, 0.15) is 22.9 Å². The monoisotopic (exact) mass is 434 g/mol. The number of hydrogen-bond donors (Lipinski definition) is 4. The lowest BCUT2D eigenvalue weighted by Crippen LogP contribution is -2.38. The second-order valence-corrected chi connectivity index (χ2v) is 7.57. The van der Waals surface area contributed by atoms with Gasteiger partial charge in [0.1, 0.15) is 17.1 Å². The summed E-state index contributed by atoms with van der Waals surface area (Å²) < 4.78 is 11.8. The number of methoxy groups -OCH3 is 2. The van der Waals surface area contributed by atoms with Crippen LogP contribution < -0.4 is 26.0 Å². The number of fused-ring (bicyclic) bond motifs is 3. The summed E-state index contributed by atoms with van der Waals surface area (Å²) in [5.74, 6) is 0.683. The molecule has 1 unspecified atom stereocenters. The van der Waals surface area contributed by atoms with Crippen molar-refractivity contribution >= 4 is 10.9 Å². The Bertz CT molecular complexity index is 1450. The number of rotatable bonds is 4. The molecule has 0 fully saturated rings. The number of benzene rings is 2.